The van der Waals surface area contributed by atoms with Gasteiger partial charge >= 0.3 is 0 Å². The van der Waals surface area contributed by atoms with Gasteiger partial charge in [-0.25, -0.2) is 8.42 Å². The highest BCUT2D eigenvalue weighted by molar-refractivity contribution is 7.90. The van der Waals surface area contributed by atoms with Crippen LogP contribution in [0.1, 0.15) is 32.6 Å². The molecule has 0 radical (unpaired) electrons. The van der Waals surface area contributed by atoms with Crippen molar-refractivity contribution in [1.29, 1.82) is 0 Å². The molecule has 0 aliphatic heterocycles. The molecule has 1 saturated carbocycles. The molecule has 1 aromatic rings. The van der Waals surface area contributed by atoms with Crippen LogP contribution >= 0.6 is 12.4 Å². The first-order valence-corrected chi connectivity index (χ1v) is 10.2. The van der Waals surface area contributed by atoms with Gasteiger partial charge in [0.2, 0.25) is 5.91 Å². The molecule has 3 N–H and O–H groups in total. The maximum absolute atomic E-state index is 12.5. The van der Waals surface area contributed by atoms with Crippen LogP contribution in [0.15, 0.2) is 24.3 Å². The van der Waals surface area contributed by atoms with Gasteiger partial charge in [0.1, 0.15) is 12.4 Å². The summed E-state index contributed by atoms with van der Waals surface area (Å²) in [6.45, 7) is 2.01. The zero-order chi connectivity index (χ0) is 17.8. The van der Waals surface area contributed by atoms with Crippen LogP contribution < -0.4 is 15.8 Å². The summed E-state index contributed by atoms with van der Waals surface area (Å²) in [7, 11) is -3.06. The predicted molar refractivity (Wildman–Crippen MR) is 102 cm³/mol. The average Bonchev–Trinajstić information content (AvgIpc) is 2.45. The summed E-state index contributed by atoms with van der Waals surface area (Å²) in [4.78, 5) is 12.5. The second kappa shape index (κ2) is 8.87. The molecule has 25 heavy (non-hydrogen) atoms. The molecule has 1 aromatic carbocycles. The molecule has 8 heteroatoms. The van der Waals surface area contributed by atoms with E-state index >= 15 is 0 Å². The molecule has 1 aliphatic carbocycles. The van der Waals surface area contributed by atoms with Crippen LogP contribution in [0.5, 0.6) is 5.75 Å². The van der Waals surface area contributed by atoms with E-state index in [1.165, 1.54) is 6.26 Å². The van der Waals surface area contributed by atoms with Gasteiger partial charge in [-0.15, -0.1) is 12.4 Å². The molecule has 0 heterocycles. The highest BCUT2D eigenvalue weighted by atomic mass is 35.5. The molecule has 1 amide bonds. The van der Waals surface area contributed by atoms with Crippen LogP contribution in [0.3, 0.4) is 0 Å². The number of hydrogen-bond acceptors (Lipinski definition) is 5. The predicted octanol–water partition coefficient (Wildman–Crippen LogP) is 2.38. The standard InChI is InChI=1S/C17H26N2O4S.ClH/c1-17(18)9-4-3-8-15(17)16(20)19-13-6-5-7-14(12-13)23-10-11-24(2,21)22;/h5-7,12,15H,3-4,8-11,18H2,1-2H3,(H,19,20);1H. The number of ether oxygens (including phenoxy) is 1. The number of hydrogen-bond donors (Lipinski definition) is 2. The van der Waals surface area contributed by atoms with Crippen molar-refractivity contribution in [3.63, 3.8) is 0 Å². The Balaban J connectivity index is 0.00000312. The van der Waals surface area contributed by atoms with E-state index in [9.17, 15) is 13.2 Å². The van der Waals surface area contributed by atoms with Gasteiger partial charge in [0, 0.05) is 23.5 Å². The Morgan fingerprint density at radius 3 is 2.76 bits per heavy atom. The zero-order valence-corrected chi connectivity index (χ0v) is 16.3. The number of nitrogens with one attached hydrogen (secondary N) is 1. The Morgan fingerprint density at radius 2 is 2.12 bits per heavy atom. The normalized spacial score (nSPS) is 23.4. The smallest absolute Gasteiger partial charge is 0.229 e. The van der Waals surface area contributed by atoms with E-state index in [0.717, 1.165) is 25.7 Å². The molecule has 2 unspecified atom stereocenters. The number of carbonyl (C=O) groups excluding carboxylic acids is 1. The molecular weight excluding hydrogens is 364 g/mol. The number of sulfone groups is 1. The minimum atomic E-state index is -3.06. The number of carbonyl (C=O) groups is 1. The average molecular weight is 391 g/mol. The topological polar surface area (TPSA) is 98.5 Å². The molecule has 6 nitrogen and oxygen atoms in total. The molecule has 142 valence electrons. The molecule has 0 saturated heterocycles. The lowest BCUT2D eigenvalue weighted by molar-refractivity contribution is -0.122. The van der Waals surface area contributed by atoms with E-state index in [4.69, 9.17) is 10.5 Å². The first-order chi connectivity index (χ1) is 11.2. The first-order valence-electron chi connectivity index (χ1n) is 8.18. The number of amides is 1. The van der Waals surface area contributed by atoms with E-state index in [2.05, 4.69) is 5.32 Å². The Hall–Kier alpha value is -1.31. The molecule has 2 rings (SSSR count). The SMILES string of the molecule is CC1(N)CCCCC1C(=O)Nc1cccc(OCCS(C)(=O)=O)c1.Cl. The van der Waals surface area contributed by atoms with Gasteiger partial charge in [0.25, 0.3) is 0 Å². The van der Waals surface area contributed by atoms with Gasteiger partial charge in [0.15, 0.2) is 9.84 Å². The van der Waals surface area contributed by atoms with Crippen LogP contribution in [0.25, 0.3) is 0 Å². The largest absolute Gasteiger partial charge is 0.492 e. The monoisotopic (exact) mass is 390 g/mol. The number of anilines is 1. The van der Waals surface area contributed by atoms with Crippen molar-refractivity contribution >= 4 is 33.8 Å². The molecule has 1 fully saturated rings. The third-order valence-corrected chi connectivity index (χ3v) is 5.30. The van der Waals surface area contributed by atoms with E-state index in [1.54, 1.807) is 24.3 Å². The van der Waals surface area contributed by atoms with Crippen molar-refractivity contribution in [1.82, 2.24) is 0 Å². The second-order valence-electron chi connectivity index (χ2n) is 6.80. The Labute approximate surface area is 155 Å². The van der Waals surface area contributed by atoms with Gasteiger partial charge in [-0.05, 0) is 31.9 Å². The van der Waals surface area contributed by atoms with E-state index in [1.807, 2.05) is 6.92 Å². The van der Waals surface area contributed by atoms with Crippen LogP contribution in [0.2, 0.25) is 0 Å². The van der Waals surface area contributed by atoms with Gasteiger partial charge in [-0.3, -0.25) is 4.79 Å². The second-order valence-corrected chi connectivity index (χ2v) is 9.06. The number of halogens is 1. The lowest BCUT2D eigenvalue weighted by atomic mass is 9.74. The van der Waals surface area contributed by atoms with E-state index in [0.29, 0.717) is 11.4 Å². The molecule has 0 aromatic heterocycles. The van der Waals surface area contributed by atoms with Crippen LogP contribution in [-0.4, -0.2) is 38.5 Å². The van der Waals surface area contributed by atoms with E-state index < -0.39 is 15.4 Å². The van der Waals surface area contributed by atoms with Crippen LogP contribution in [0, 0.1) is 5.92 Å². The molecular formula is C17H27ClN2O4S. The molecule has 0 spiro atoms. The summed E-state index contributed by atoms with van der Waals surface area (Å²) in [6.07, 6.45) is 4.88. The fourth-order valence-corrected chi connectivity index (χ4v) is 3.38. The van der Waals surface area contributed by atoms with Gasteiger partial charge in [0.05, 0.1) is 11.7 Å². The number of nitrogens with two attached hydrogens (primary N) is 1. The lowest BCUT2D eigenvalue weighted by Gasteiger charge is -2.37. The van der Waals surface area contributed by atoms with Gasteiger partial charge in [-0.2, -0.15) is 0 Å². The summed E-state index contributed by atoms with van der Waals surface area (Å²) < 4.78 is 27.7. The minimum absolute atomic E-state index is 0. The molecule has 2 atom stereocenters. The van der Waals surface area contributed by atoms with Gasteiger partial charge in [-0.1, -0.05) is 18.9 Å². The Morgan fingerprint density at radius 1 is 1.40 bits per heavy atom. The Kier molecular flexibility index (Phi) is 7.71. The molecule has 0 bridgehead atoms. The third-order valence-electron chi connectivity index (χ3n) is 4.40. The Bertz CT molecular complexity index is 692. The highest BCUT2D eigenvalue weighted by Gasteiger charge is 2.37. The number of rotatable bonds is 6. The summed E-state index contributed by atoms with van der Waals surface area (Å²) in [5.41, 5.74) is 6.41. The first kappa shape index (κ1) is 21.7. The third kappa shape index (κ3) is 6.84. The van der Waals surface area contributed by atoms with Crippen molar-refractivity contribution in [2.75, 3.05) is 23.9 Å². The summed E-state index contributed by atoms with van der Waals surface area (Å²) in [5.74, 6) is 0.196. The summed E-state index contributed by atoms with van der Waals surface area (Å²) >= 11 is 0. The summed E-state index contributed by atoms with van der Waals surface area (Å²) in [5, 5.41) is 2.90. The van der Waals surface area contributed by atoms with Crippen molar-refractivity contribution in [2.24, 2.45) is 11.7 Å². The van der Waals surface area contributed by atoms with Crippen LogP contribution in [0.4, 0.5) is 5.69 Å². The van der Waals surface area contributed by atoms with Crippen molar-refractivity contribution in [3.8, 4) is 5.75 Å². The van der Waals surface area contributed by atoms with Crippen molar-refractivity contribution in [3.05, 3.63) is 24.3 Å². The minimum Gasteiger partial charge on any atom is -0.492 e. The van der Waals surface area contributed by atoms with Crippen molar-refractivity contribution < 1.29 is 17.9 Å². The lowest BCUT2D eigenvalue weighted by Crippen LogP contribution is -2.51. The fourth-order valence-electron chi connectivity index (χ4n) is 2.99. The van der Waals surface area contributed by atoms with Crippen LogP contribution in [-0.2, 0) is 14.6 Å². The molecule has 1 aliphatic rings. The highest BCUT2D eigenvalue weighted by Crippen LogP contribution is 2.32. The quantitative estimate of drug-likeness (QED) is 0.776. The van der Waals surface area contributed by atoms with E-state index in [-0.39, 0.29) is 36.6 Å². The summed E-state index contributed by atoms with van der Waals surface area (Å²) in [6, 6.07) is 6.95. The maximum Gasteiger partial charge on any atom is 0.229 e. The maximum atomic E-state index is 12.5. The van der Waals surface area contributed by atoms with Gasteiger partial charge < -0.3 is 15.8 Å². The number of benzene rings is 1. The fraction of sp³-hybridized carbons (Fsp3) is 0.588. The van der Waals surface area contributed by atoms with Crippen molar-refractivity contribution in [2.45, 2.75) is 38.1 Å². The zero-order valence-electron chi connectivity index (χ0n) is 14.7.